The summed E-state index contributed by atoms with van der Waals surface area (Å²) >= 11 is 0. The molecule has 0 unspecified atom stereocenters. The van der Waals surface area contributed by atoms with Crippen LogP contribution in [-0.4, -0.2) is 11.6 Å². The highest BCUT2D eigenvalue weighted by molar-refractivity contribution is 6.49. The van der Waals surface area contributed by atoms with E-state index in [4.69, 9.17) is 11.5 Å². The zero-order valence-electron chi connectivity index (χ0n) is 5.13. The fraction of sp³-hybridized carbons (Fsp3) is 0. The fourth-order valence-corrected chi connectivity index (χ4v) is 0.593. The molecule has 4 N–H and O–H groups in total. The lowest BCUT2D eigenvalue weighted by Crippen LogP contribution is -2.28. The topological polar surface area (TPSA) is 86.2 Å². The van der Waals surface area contributed by atoms with Gasteiger partial charge in [-0.05, 0) is 12.2 Å². The Kier molecular flexibility index (Phi) is 1.30. The Morgan fingerprint density at radius 3 is 1.50 bits per heavy atom. The molecule has 4 heteroatoms. The molecule has 1 aliphatic rings. The van der Waals surface area contributed by atoms with Gasteiger partial charge in [-0.3, -0.25) is 9.59 Å². The molecule has 1 aliphatic carbocycles. The van der Waals surface area contributed by atoms with Gasteiger partial charge in [-0.25, -0.2) is 0 Å². The summed E-state index contributed by atoms with van der Waals surface area (Å²) in [7, 11) is 0. The van der Waals surface area contributed by atoms with Crippen LogP contribution in [0.25, 0.3) is 0 Å². The monoisotopic (exact) mass is 138 g/mol. The number of allylic oxidation sites excluding steroid dienone is 4. The molecular formula is C6H6N2O2. The van der Waals surface area contributed by atoms with Crippen molar-refractivity contribution in [3.63, 3.8) is 0 Å². The van der Waals surface area contributed by atoms with E-state index in [1.165, 1.54) is 12.2 Å². The lowest BCUT2D eigenvalue weighted by molar-refractivity contribution is -0.132. The van der Waals surface area contributed by atoms with E-state index in [2.05, 4.69) is 0 Å². The maximum atomic E-state index is 10.7. The zero-order chi connectivity index (χ0) is 7.72. The van der Waals surface area contributed by atoms with Crippen molar-refractivity contribution in [2.24, 2.45) is 11.5 Å². The normalized spacial score (nSPS) is 18.4. The molecule has 4 nitrogen and oxygen atoms in total. The summed E-state index contributed by atoms with van der Waals surface area (Å²) in [5.74, 6) is -1.44. The van der Waals surface area contributed by atoms with Crippen molar-refractivity contribution < 1.29 is 9.59 Å². The van der Waals surface area contributed by atoms with Crippen LogP contribution in [0.1, 0.15) is 0 Å². The van der Waals surface area contributed by atoms with Crippen LogP contribution >= 0.6 is 0 Å². The van der Waals surface area contributed by atoms with Gasteiger partial charge in [-0.2, -0.15) is 0 Å². The predicted molar refractivity (Wildman–Crippen MR) is 34.6 cm³/mol. The summed E-state index contributed by atoms with van der Waals surface area (Å²) in [4.78, 5) is 21.3. The van der Waals surface area contributed by atoms with Crippen molar-refractivity contribution >= 4 is 11.6 Å². The van der Waals surface area contributed by atoms with Gasteiger partial charge >= 0.3 is 0 Å². The van der Waals surface area contributed by atoms with E-state index in [-0.39, 0.29) is 11.4 Å². The van der Waals surface area contributed by atoms with Crippen LogP contribution in [0.4, 0.5) is 0 Å². The van der Waals surface area contributed by atoms with E-state index in [1.807, 2.05) is 0 Å². The van der Waals surface area contributed by atoms with Crippen molar-refractivity contribution in [3.05, 3.63) is 23.5 Å². The Bertz CT molecular complexity index is 227. The minimum Gasteiger partial charge on any atom is -0.395 e. The predicted octanol–water partition coefficient (Wildman–Crippen LogP) is -1.18. The van der Waals surface area contributed by atoms with Crippen LogP contribution in [0.15, 0.2) is 23.5 Å². The van der Waals surface area contributed by atoms with Crippen molar-refractivity contribution in [2.75, 3.05) is 0 Å². The lowest BCUT2D eigenvalue weighted by Gasteiger charge is -2.03. The van der Waals surface area contributed by atoms with Gasteiger partial charge in [0.1, 0.15) is 0 Å². The quantitative estimate of drug-likeness (QED) is 0.326. The molecule has 0 atom stereocenters. The number of rotatable bonds is 0. The van der Waals surface area contributed by atoms with Gasteiger partial charge in [-0.15, -0.1) is 0 Å². The second-order valence-electron chi connectivity index (χ2n) is 1.90. The minimum absolute atomic E-state index is 0.0563. The van der Waals surface area contributed by atoms with E-state index in [9.17, 15) is 9.59 Å². The van der Waals surface area contributed by atoms with E-state index in [0.29, 0.717) is 0 Å². The molecule has 0 bridgehead atoms. The molecule has 52 valence electrons. The molecule has 0 radical (unpaired) electrons. The van der Waals surface area contributed by atoms with Crippen LogP contribution in [0.5, 0.6) is 0 Å². The van der Waals surface area contributed by atoms with Crippen molar-refractivity contribution in [2.45, 2.75) is 0 Å². The summed E-state index contributed by atoms with van der Waals surface area (Å²) in [6.45, 7) is 0. The Balaban J connectivity index is 3.09. The maximum Gasteiger partial charge on any atom is 0.250 e. The number of carbonyl (C=O) groups excluding carboxylic acids is 2. The van der Waals surface area contributed by atoms with Crippen molar-refractivity contribution in [1.29, 1.82) is 0 Å². The average Bonchev–Trinajstić information content (AvgIpc) is 1.93. The summed E-state index contributed by atoms with van der Waals surface area (Å²) in [6, 6.07) is 0. The Morgan fingerprint density at radius 1 is 0.900 bits per heavy atom. The summed E-state index contributed by atoms with van der Waals surface area (Å²) in [5, 5.41) is 0. The molecule has 0 aromatic rings. The van der Waals surface area contributed by atoms with E-state index < -0.39 is 11.6 Å². The first-order valence-electron chi connectivity index (χ1n) is 2.65. The third kappa shape index (κ3) is 0.793. The van der Waals surface area contributed by atoms with Crippen LogP contribution in [0.3, 0.4) is 0 Å². The van der Waals surface area contributed by atoms with Gasteiger partial charge in [0.25, 0.3) is 11.6 Å². The molecule has 0 heterocycles. The number of ketones is 2. The van der Waals surface area contributed by atoms with Gasteiger partial charge < -0.3 is 11.5 Å². The van der Waals surface area contributed by atoms with Gasteiger partial charge in [0.2, 0.25) is 0 Å². The Hall–Kier alpha value is -1.58. The third-order valence-electron chi connectivity index (χ3n) is 1.17. The molecule has 1 rings (SSSR count). The Morgan fingerprint density at radius 2 is 1.20 bits per heavy atom. The first-order chi connectivity index (χ1) is 4.63. The van der Waals surface area contributed by atoms with Gasteiger partial charge in [0.15, 0.2) is 0 Å². The van der Waals surface area contributed by atoms with E-state index >= 15 is 0 Å². The standard InChI is InChI=1S/C6H6N2O2/c7-3-1-2-4(8)6(10)5(3)9/h1-2H,7-8H2. The largest absolute Gasteiger partial charge is 0.395 e. The van der Waals surface area contributed by atoms with Crippen molar-refractivity contribution in [3.8, 4) is 0 Å². The van der Waals surface area contributed by atoms with Gasteiger partial charge in [0, 0.05) is 0 Å². The van der Waals surface area contributed by atoms with Crippen molar-refractivity contribution in [1.82, 2.24) is 0 Å². The molecule has 0 saturated heterocycles. The van der Waals surface area contributed by atoms with Crippen LogP contribution < -0.4 is 11.5 Å². The molecule has 0 aromatic carbocycles. The smallest absolute Gasteiger partial charge is 0.250 e. The summed E-state index contributed by atoms with van der Waals surface area (Å²) < 4.78 is 0. The Labute approximate surface area is 57.2 Å². The number of hydrogen-bond donors (Lipinski definition) is 2. The zero-order valence-corrected chi connectivity index (χ0v) is 5.13. The van der Waals surface area contributed by atoms with Gasteiger partial charge in [-0.1, -0.05) is 0 Å². The minimum atomic E-state index is -0.722. The summed E-state index contributed by atoms with van der Waals surface area (Å²) in [5.41, 5.74) is 10.1. The first-order valence-corrected chi connectivity index (χ1v) is 2.65. The molecular weight excluding hydrogens is 132 g/mol. The molecule has 0 amide bonds. The highest BCUT2D eigenvalue weighted by Gasteiger charge is 2.21. The molecule has 0 fully saturated rings. The fourth-order valence-electron chi connectivity index (χ4n) is 0.593. The number of carbonyl (C=O) groups is 2. The van der Waals surface area contributed by atoms with Crippen LogP contribution in [0, 0.1) is 0 Å². The van der Waals surface area contributed by atoms with Crippen LogP contribution in [0.2, 0.25) is 0 Å². The van der Waals surface area contributed by atoms with Gasteiger partial charge in [0.05, 0.1) is 11.4 Å². The maximum absolute atomic E-state index is 10.7. The highest BCUT2D eigenvalue weighted by Crippen LogP contribution is 2.02. The number of Topliss-reactive ketones (excluding diaryl/α,β-unsaturated/α-hetero) is 2. The third-order valence-corrected chi connectivity index (χ3v) is 1.17. The summed E-state index contributed by atoms with van der Waals surface area (Å²) in [6.07, 6.45) is 2.64. The van der Waals surface area contributed by atoms with Crippen LogP contribution in [-0.2, 0) is 9.59 Å². The number of hydrogen-bond acceptors (Lipinski definition) is 4. The SMILES string of the molecule is NC1=CC=C(N)C(=O)C1=O. The van der Waals surface area contributed by atoms with E-state index in [1.54, 1.807) is 0 Å². The molecule has 0 saturated carbocycles. The average molecular weight is 138 g/mol. The molecule has 0 spiro atoms. The molecule has 0 aliphatic heterocycles. The second kappa shape index (κ2) is 1.98. The van der Waals surface area contributed by atoms with E-state index in [0.717, 1.165) is 0 Å². The molecule has 10 heavy (non-hydrogen) atoms. The lowest BCUT2D eigenvalue weighted by atomic mass is 10.1. The highest BCUT2D eigenvalue weighted by atomic mass is 16.2. The number of nitrogens with two attached hydrogens (primary N) is 2. The molecule has 0 aromatic heterocycles. The second-order valence-corrected chi connectivity index (χ2v) is 1.90. The first kappa shape index (κ1) is 6.54.